The lowest BCUT2D eigenvalue weighted by molar-refractivity contribution is 0.0951. The first-order valence-corrected chi connectivity index (χ1v) is 6.54. The largest absolute Gasteiger partial charge is 0.496 e. The van der Waals surface area contributed by atoms with Crippen molar-refractivity contribution in [2.75, 3.05) is 34.3 Å². The molecular weight excluding hydrogens is 240 g/mol. The zero-order valence-electron chi connectivity index (χ0n) is 12.5. The first-order valence-electron chi connectivity index (χ1n) is 6.54. The number of carbonyl (C=O) groups excluding carboxylic acids is 1. The van der Waals surface area contributed by atoms with Crippen molar-refractivity contribution in [1.29, 1.82) is 0 Å². The summed E-state index contributed by atoms with van der Waals surface area (Å²) in [4.78, 5) is 14.2. The number of aryl methyl sites for hydroxylation is 2. The van der Waals surface area contributed by atoms with Gasteiger partial charge in [0.25, 0.3) is 5.91 Å². The summed E-state index contributed by atoms with van der Waals surface area (Å²) in [6.45, 7) is 5.54. The highest BCUT2D eigenvalue weighted by atomic mass is 16.5. The van der Waals surface area contributed by atoms with Crippen molar-refractivity contribution in [2.45, 2.75) is 20.3 Å². The van der Waals surface area contributed by atoms with Crippen LogP contribution in [0.3, 0.4) is 0 Å². The van der Waals surface area contributed by atoms with Crippen LogP contribution in [0.5, 0.6) is 5.75 Å². The maximum atomic E-state index is 12.1. The van der Waals surface area contributed by atoms with Crippen LogP contribution in [-0.2, 0) is 0 Å². The molecule has 1 rings (SSSR count). The number of benzene rings is 1. The fourth-order valence-electron chi connectivity index (χ4n) is 1.95. The highest BCUT2D eigenvalue weighted by Gasteiger charge is 2.11. The smallest absolute Gasteiger partial charge is 0.251 e. The molecule has 0 radical (unpaired) electrons. The van der Waals surface area contributed by atoms with E-state index in [1.54, 1.807) is 7.11 Å². The lowest BCUT2D eigenvalue weighted by atomic mass is 10.0. The molecule has 0 atom stereocenters. The van der Waals surface area contributed by atoms with E-state index in [0.29, 0.717) is 6.54 Å². The van der Waals surface area contributed by atoms with Crippen LogP contribution in [0.1, 0.15) is 27.9 Å². The Balaban J connectivity index is 2.64. The molecule has 0 unspecified atom stereocenters. The van der Waals surface area contributed by atoms with Crippen molar-refractivity contribution < 1.29 is 9.53 Å². The van der Waals surface area contributed by atoms with Crippen molar-refractivity contribution in [3.63, 3.8) is 0 Å². The Bertz CT molecular complexity index is 442. The molecule has 0 saturated heterocycles. The molecule has 4 heteroatoms. The topological polar surface area (TPSA) is 41.6 Å². The van der Waals surface area contributed by atoms with E-state index in [4.69, 9.17) is 4.74 Å². The fourth-order valence-corrected chi connectivity index (χ4v) is 1.95. The second-order valence-electron chi connectivity index (χ2n) is 5.05. The van der Waals surface area contributed by atoms with Gasteiger partial charge >= 0.3 is 0 Å². The van der Waals surface area contributed by atoms with E-state index >= 15 is 0 Å². The van der Waals surface area contributed by atoms with E-state index in [1.165, 1.54) is 0 Å². The van der Waals surface area contributed by atoms with Crippen molar-refractivity contribution in [1.82, 2.24) is 10.2 Å². The predicted octanol–water partition coefficient (Wildman–Crippen LogP) is 1.99. The Morgan fingerprint density at radius 2 is 1.95 bits per heavy atom. The number of ether oxygens (including phenoxy) is 1. The van der Waals surface area contributed by atoms with Crippen LogP contribution in [0.2, 0.25) is 0 Å². The summed E-state index contributed by atoms with van der Waals surface area (Å²) in [6, 6.07) is 3.79. The Labute approximate surface area is 115 Å². The maximum Gasteiger partial charge on any atom is 0.251 e. The third-order valence-electron chi connectivity index (χ3n) is 3.05. The Morgan fingerprint density at radius 3 is 2.53 bits per heavy atom. The summed E-state index contributed by atoms with van der Waals surface area (Å²) >= 11 is 0. The van der Waals surface area contributed by atoms with Gasteiger partial charge in [0.2, 0.25) is 0 Å². The summed E-state index contributed by atoms with van der Waals surface area (Å²) < 4.78 is 5.25. The molecule has 1 aromatic carbocycles. The third-order valence-corrected chi connectivity index (χ3v) is 3.05. The highest BCUT2D eigenvalue weighted by molar-refractivity contribution is 5.96. The average Bonchev–Trinajstić information content (AvgIpc) is 2.36. The molecule has 4 nitrogen and oxygen atoms in total. The normalized spacial score (nSPS) is 10.6. The zero-order valence-corrected chi connectivity index (χ0v) is 12.5. The average molecular weight is 264 g/mol. The summed E-state index contributed by atoms with van der Waals surface area (Å²) in [5, 5.41) is 2.95. The van der Waals surface area contributed by atoms with Gasteiger partial charge in [-0.15, -0.1) is 0 Å². The molecule has 0 aliphatic heterocycles. The summed E-state index contributed by atoms with van der Waals surface area (Å²) in [5.74, 6) is 0.809. The molecule has 0 fully saturated rings. The number of rotatable bonds is 6. The molecule has 1 amide bonds. The molecule has 0 aliphatic carbocycles. The van der Waals surface area contributed by atoms with E-state index < -0.39 is 0 Å². The summed E-state index contributed by atoms with van der Waals surface area (Å²) in [6.07, 6.45) is 0.951. The number of methoxy groups -OCH3 is 1. The van der Waals surface area contributed by atoms with Gasteiger partial charge in [0.05, 0.1) is 7.11 Å². The molecule has 0 heterocycles. The number of hydrogen-bond acceptors (Lipinski definition) is 3. The molecule has 106 valence electrons. The molecule has 0 aliphatic rings. The third kappa shape index (κ3) is 4.56. The van der Waals surface area contributed by atoms with Crippen molar-refractivity contribution in [2.24, 2.45) is 0 Å². The van der Waals surface area contributed by atoms with Crippen LogP contribution in [0, 0.1) is 13.8 Å². The van der Waals surface area contributed by atoms with Gasteiger partial charge in [-0.25, -0.2) is 0 Å². The minimum Gasteiger partial charge on any atom is -0.496 e. The highest BCUT2D eigenvalue weighted by Crippen LogP contribution is 2.22. The number of nitrogens with zero attached hydrogens (tertiary/aromatic N) is 1. The van der Waals surface area contributed by atoms with Gasteiger partial charge in [-0.1, -0.05) is 0 Å². The van der Waals surface area contributed by atoms with E-state index in [0.717, 1.165) is 35.4 Å². The van der Waals surface area contributed by atoms with Gasteiger partial charge < -0.3 is 15.0 Å². The number of amides is 1. The van der Waals surface area contributed by atoms with Crippen molar-refractivity contribution >= 4 is 5.91 Å². The first kappa shape index (κ1) is 15.5. The first-order chi connectivity index (χ1) is 8.95. The number of carbonyl (C=O) groups is 1. The van der Waals surface area contributed by atoms with Gasteiger partial charge in [0.15, 0.2) is 0 Å². The van der Waals surface area contributed by atoms with Gasteiger partial charge in [-0.3, -0.25) is 4.79 Å². The molecule has 0 spiro atoms. The molecule has 0 bridgehead atoms. The number of nitrogens with one attached hydrogen (secondary N) is 1. The van der Waals surface area contributed by atoms with Crippen LogP contribution in [-0.4, -0.2) is 45.1 Å². The second kappa shape index (κ2) is 7.14. The van der Waals surface area contributed by atoms with Gasteiger partial charge in [0.1, 0.15) is 5.75 Å². The Morgan fingerprint density at radius 1 is 1.26 bits per heavy atom. The predicted molar refractivity (Wildman–Crippen MR) is 78.0 cm³/mol. The lowest BCUT2D eigenvalue weighted by Crippen LogP contribution is -2.27. The molecule has 19 heavy (non-hydrogen) atoms. The standard InChI is InChI=1S/C15H24N2O2/c1-11-10-14(19-5)12(2)9-13(11)15(18)16-7-6-8-17(3)4/h9-10H,6-8H2,1-5H3,(H,16,18). The minimum atomic E-state index is -0.0120. The van der Waals surface area contributed by atoms with Crippen LogP contribution in [0.25, 0.3) is 0 Å². The SMILES string of the molecule is COc1cc(C)c(C(=O)NCCCN(C)C)cc1C. The molecule has 0 saturated carbocycles. The van der Waals surface area contributed by atoms with E-state index in [-0.39, 0.29) is 5.91 Å². The fraction of sp³-hybridized carbons (Fsp3) is 0.533. The second-order valence-corrected chi connectivity index (χ2v) is 5.05. The van der Waals surface area contributed by atoms with Crippen molar-refractivity contribution in [3.05, 3.63) is 28.8 Å². The van der Waals surface area contributed by atoms with Crippen LogP contribution in [0.15, 0.2) is 12.1 Å². The van der Waals surface area contributed by atoms with E-state index in [2.05, 4.69) is 10.2 Å². The zero-order chi connectivity index (χ0) is 14.4. The quantitative estimate of drug-likeness (QED) is 0.799. The van der Waals surface area contributed by atoms with Gasteiger partial charge in [-0.2, -0.15) is 0 Å². The maximum absolute atomic E-state index is 12.1. The molecule has 1 aromatic rings. The Kier molecular flexibility index (Phi) is 5.83. The van der Waals surface area contributed by atoms with Gasteiger partial charge in [0, 0.05) is 12.1 Å². The van der Waals surface area contributed by atoms with Crippen molar-refractivity contribution in [3.8, 4) is 5.75 Å². The monoisotopic (exact) mass is 264 g/mol. The molecular formula is C15H24N2O2. The summed E-state index contributed by atoms with van der Waals surface area (Å²) in [7, 11) is 5.69. The van der Waals surface area contributed by atoms with Crippen LogP contribution < -0.4 is 10.1 Å². The minimum absolute atomic E-state index is 0.0120. The summed E-state index contributed by atoms with van der Waals surface area (Å²) in [5.41, 5.74) is 2.64. The van der Waals surface area contributed by atoms with E-state index in [9.17, 15) is 4.79 Å². The van der Waals surface area contributed by atoms with E-state index in [1.807, 2.05) is 40.1 Å². The lowest BCUT2D eigenvalue weighted by Gasteiger charge is -2.13. The van der Waals surface area contributed by atoms with Crippen LogP contribution in [0.4, 0.5) is 0 Å². The van der Waals surface area contributed by atoms with Crippen LogP contribution >= 0.6 is 0 Å². The Hall–Kier alpha value is -1.55. The van der Waals surface area contributed by atoms with Gasteiger partial charge in [-0.05, 0) is 64.2 Å². The number of hydrogen-bond donors (Lipinski definition) is 1. The molecule has 0 aromatic heterocycles. The molecule has 1 N–H and O–H groups in total.